The summed E-state index contributed by atoms with van der Waals surface area (Å²) >= 11 is 0. The Labute approximate surface area is 92.4 Å². The number of nitrogens with two attached hydrogens (primary N) is 1. The van der Waals surface area contributed by atoms with Crippen LogP contribution in [-0.4, -0.2) is 23.3 Å². The molecule has 86 valence electrons. The predicted molar refractivity (Wildman–Crippen MR) is 54.6 cm³/mol. The van der Waals surface area contributed by atoms with Crippen molar-refractivity contribution in [2.45, 2.75) is 13.0 Å². The minimum Gasteiger partial charge on any atom is -0.467 e. The van der Waals surface area contributed by atoms with Crippen LogP contribution in [0.25, 0.3) is 0 Å². The summed E-state index contributed by atoms with van der Waals surface area (Å²) in [4.78, 5) is 24.5. The molecule has 0 unspecified atom stereocenters. The molecular formula is C10H13N3O3. The van der Waals surface area contributed by atoms with Crippen LogP contribution in [-0.2, 0) is 16.1 Å². The number of carbonyl (C=O) groups is 2. The third kappa shape index (κ3) is 2.06. The number of nitrogens with one attached hydrogen (secondary N) is 1. The van der Waals surface area contributed by atoms with Gasteiger partial charge in [0.2, 0.25) is 11.8 Å². The first-order valence-electron chi connectivity index (χ1n) is 5.01. The smallest absolute Gasteiger partial charge is 0.239 e. The van der Waals surface area contributed by atoms with E-state index in [0.29, 0.717) is 18.8 Å². The number of carbonyl (C=O) groups excluding carboxylic acids is 2. The van der Waals surface area contributed by atoms with Crippen molar-refractivity contribution in [3.63, 3.8) is 0 Å². The number of amides is 2. The van der Waals surface area contributed by atoms with E-state index in [0.717, 1.165) is 0 Å². The number of hydrazine groups is 1. The molecule has 1 aromatic rings. The summed E-state index contributed by atoms with van der Waals surface area (Å²) in [6, 6.07) is 3.56. The summed E-state index contributed by atoms with van der Waals surface area (Å²) in [5.74, 6) is 5.04. The lowest BCUT2D eigenvalue weighted by Crippen LogP contribution is -2.37. The molecule has 0 spiro atoms. The number of nitrogens with zero attached hydrogens (tertiary/aromatic N) is 1. The minimum atomic E-state index is -0.354. The van der Waals surface area contributed by atoms with E-state index in [1.165, 1.54) is 0 Å². The van der Waals surface area contributed by atoms with Crippen molar-refractivity contribution in [3.05, 3.63) is 24.2 Å². The summed E-state index contributed by atoms with van der Waals surface area (Å²) in [5, 5.41) is 0. The fraction of sp³-hybridized carbons (Fsp3) is 0.400. The van der Waals surface area contributed by atoms with Gasteiger partial charge in [-0.1, -0.05) is 0 Å². The van der Waals surface area contributed by atoms with Gasteiger partial charge in [-0.2, -0.15) is 0 Å². The Bertz CT molecular complexity index is 388. The van der Waals surface area contributed by atoms with Crippen LogP contribution in [0.4, 0.5) is 0 Å². The van der Waals surface area contributed by atoms with Crippen LogP contribution in [0.3, 0.4) is 0 Å². The Hall–Kier alpha value is -1.82. The SMILES string of the molecule is NNC(=O)[C@H]1CC(=O)N(Cc2ccco2)C1. The van der Waals surface area contributed by atoms with Crippen molar-refractivity contribution in [1.29, 1.82) is 0 Å². The Morgan fingerprint density at radius 3 is 3.12 bits per heavy atom. The second kappa shape index (κ2) is 4.36. The van der Waals surface area contributed by atoms with Crippen LogP contribution in [0.1, 0.15) is 12.2 Å². The van der Waals surface area contributed by atoms with Crippen LogP contribution < -0.4 is 11.3 Å². The Morgan fingerprint density at radius 1 is 1.69 bits per heavy atom. The van der Waals surface area contributed by atoms with Gasteiger partial charge in [0.05, 0.1) is 18.7 Å². The van der Waals surface area contributed by atoms with Gasteiger partial charge >= 0.3 is 0 Å². The number of rotatable bonds is 3. The average molecular weight is 223 g/mol. The highest BCUT2D eigenvalue weighted by Crippen LogP contribution is 2.20. The van der Waals surface area contributed by atoms with Gasteiger partial charge in [-0.3, -0.25) is 15.0 Å². The van der Waals surface area contributed by atoms with Gasteiger partial charge < -0.3 is 9.32 Å². The summed E-state index contributed by atoms with van der Waals surface area (Å²) in [6.07, 6.45) is 1.77. The molecule has 0 aromatic carbocycles. The number of furan rings is 1. The molecule has 0 saturated carbocycles. The van der Waals surface area contributed by atoms with Crippen LogP contribution >= 0.6 is 0 Å². The highest BCUT2D eigenvalue weighted by atomic mass is 16.3. The maximum absolute atomic E-state index is 11.6. The molecule has 0 bridgehead atoms. The van der Waals surface area contributed by atoms with Gasteiger partial charge in [0, 0.05) is 13.0 Å². The van der Waals surface area contributed by atoms with Gasteiger partial charge in [0.15, 0.2) is 0 Å². The van der Waals surface area contributed by atoms with E-state index in [1.807, 2.05) is 0 Å². The summed E-state index contributed by atoms with van der Waals surface area (Å²) in [6.45, 7) is 0.794. The van der Waals surface area contributed by atoms with Crippen molar-refractivity contribution in [3.8, 4) is 0 Å². The largest absolute Gasteiger partial charge is 0.467 e. The Kier molecular flexibility index (Phi) is 2.91. The van der Waals surface area contributed by atoms with Gasteiger partial charge in [-0.05, 0) is 12.1 Å². The summed E-state index contributed by atoms with van der Waals surface area (Å²) in [5.41, 5.74) is 2.07. The van der Waals surface area contributed by atoms with Crippen molar-refractivity contribution >= 4 is 11.8 Å². The van der Waals surface area contributed by atoms with Gasteiger partial charge in [0.25, 0.3) is 0 Å². The lowest BCUT2D eigenvalue weighted by molar-refractivity contribution is -0.129. The molecule has 0 aliphatic carbocycles. The van der Waals surface area contributed by atoms with E-state index >= 15 is 0 Å². The van der Waals surface area contributed by atoms with E-state index in [4.69, 9.17) is 10.3 Å². The second-order valence-corrected chi connectivity index (χ2v) is 3.76. The van der Waals surface area contributed by atoms with Gasteiger partial charge in [0.1, 0.15) is 5.76 Å². The van der Waals surface area contributed by atoms with Gasteiger partial charge in [-0.25, -0.2) is 5.84 Å². The number of hydrogen-bond acceptors (Lipinski definition) is 4. The highest BCUT2D eigenvalue weighted by molar-refractivity contribution is 5.88. The Balaban J connectivity index is 1.97. The first kappa shape index (κ1) is 10.7. The molecule has 2 rings (SSSR count). The van der Waals surface area contributed by atoms with Crippen molar-refractivity contribution in [2.24, 2.45) is 11.8 Å². The van der Waals surface area contributed by atoms with E-state index < -0.39 is 0 Å². The molecule has 0 radical (unpaired) electrons. The number of hydrogen-bond donors (Lipinski definition) is 2. The summed E-state index contributed by atoms with van der Waals surface area (Å²) in [7, 11) is 0. The fourth-order valence-corrected chi connectivity index (χ4v) is 1.81. The lowest BCUT2D eigenvalue weighted by atomic mass is 10.1. The maximum atomic E-state index is 11.6. The van der Waals surface area contributed by atoms with Crippen LogP contribution in [0.2, 0.25) is 0 Å². The van der Waals surface area contributed by atoms with E-state index in [9.17, 15) is 9.59 Å². The molecular weight excluding hydrogens is 210 g/mol. The lowest BCUT2D eigenvalue weighted by Gasteiger charge is -2.14. The molecule has 16 heavy (non-hydrogen) atoms. The minimum absolute atomic E-state index is 0.0509. The normalized spacial score (nSPS) is 20.2. The topological polar surface area (TPSA) is 88.6 Å². The first-order chi connectivity index (χ1) is 7.70. The molecule has 6 heteroatoms. The molecule has 1 saturated heterocycles. The van der Waals surface area contributed by atoms with E-state index in [-0.39, 0.29) is 24.2 Å². The third-order valence-electron chi connectivity index (χ3n) is 2.65. The van der Waals surface area contributed by atoms with E-state index in [2.05, 4.69) is 5.43 Å². The average Bonchev–Trinajstić information content (AvgIpc) is 2.89. The van der Waals surface area contributed by atoms with Crippen LogP contribution in [0, 0.1) is 5.92 Å². The predicted octanol–water partition coefficient (Wildman–Crippen LogP) is -0.382. The van der Waals surface area contributed by atoms with Crippen LogP contribution in [0.15, 0.2) is 22.8 Å². The molecule has 1 atom stereocenters. The standard InChI is InChI=1S/C10H13N3O3/c11-12-10(15)7-4-9(14)13(5-7)6-8-2-1-3-16-8/h1-3,7H,4-6,11H2,(H,12,15)/t7-/m0/s1. The zero-order valence-corrected chi connectivity index (χ0v) is 8.68. The van der Waals surface area contributed by atoms with Crippen molar-refractivity contribution in [1.82, 2.24) is 10.3 Å². The molecule has 3 N–H and O–H groups in total. The van der Waals surface area contributed by atoms with Crippen molar-refractivity contribution in [2.75, 3.05) is 6.54 Å². The quantitative estimate of drug-likeness (QED) is 0.415. The molecule has 1 aliphatic rings. The first-order valence-corrected chi connectivity index (χ1v) is 5.01. The van der Waals surface area contributed by atoms with Gasteiger partial charge in [-0.15, -0.1) is 0 Å². The third-order valence-corrected chi connectivity index (χ3v) is 2.65. The molecule has 2 amide bonds. The highest BCUT2D eigenvalue weighted by Gasteiger charge is 2.34. The molecule has 1 aliphatic heterocycles. The van der Waals surface area contributed by atoms with E-state index in [1.54, 1.807) is 23.3 Å². The monoisotopic (exact) mass is 223 g/mol. The fourth-order valence-electron chi connectivity index (χ4n) is 1.81. The Morgan fingerprint density at radius 2 is 2.50 bits per heavy atom. The van der Waals surface area contributed by atoms with Crippen LogP contribution in [0.5, 0.6) is 0 Å². The number of likely N-dealkylation sites (tertiary alicyclic amines) is 1. The van der Waals surface area contributed by atoms with Crippen molar-refractivity contribution < 1.29 is 14.0 Å². The molecule has 1 aromatic heterocycles. The maximum Gasteiger partial charge on any atom is 0.239 e. The molecule has 1 fully saturated rings. The molecule has 6 nitrogen and oxygen atoms in total. The summed E-state index contributed by atoms with van der Waals surface area (Å²) < 4.78 is 5.15. The second-order valence-electron chi connectivity index (χ2n) is 3.76. The zero-order valence-electron chi connectivity index (χ0n) is 8.68. The molecule has 2 heterocycles. The zero-order chi connectivity index (χ0) is 11.5.